The quantitative estimate of drug-likeness (QED) is 0.501. The SMILES string of the molecule is NC(=O)c1ccc(NC(=O)/C=C/c2ccccc2[N+](=O)[O-])cc1. The smallest absolute Gasteiger partial charge is 0.276 e. The van der Waals surface area contributed by atoms with Crippen LogP contribution < -0.4 is 11.1 Å². The molecule has 23 heavy (non-hydrogen) atoms. The summed E-state index contributed by atoms with van der Waals surface area (Å²) in [4.78, 5) is 33.1. The van der Waals surface area contributed by atoms with Crippen LogP contribution >= 0.6 is 0 Å². The molecule has 2 aromatic rings. The van der Waals surface area contributed by atoms with Gasteiger partial charge in [-0.25, -0.2) is 0 Å². The minimum absolute atomic E-state index is 0.0811. The molecule has 2 rings (SSSR count). The van der Waals surface area contributed by atoms with Gasteiger partial charge in [-0.1, -0.05) is 12.1 Å². The Morgan fingerprint density at radius 3 is 2.35 bits per heavy atom. The number of nitrogens with zero attached hydrogens (tertiary/aromatic N) is 1. The third-order valence-electron chi connectivity index (χ3n) is 2.98. The van der Waals surface area contributed by atoms with E-state index in [9.17, 15) is 19.7 Å². The lowest BCUT2D eigenvalue weighted by molar-refractivity contribution is -0.385. The summed E-state index contributed by atoms with van der Waals surface area (Å²) in [5.74, 6) is -1.01. The van der Waals surface area contributed by atoms with Gasteiger partial charge in [0.15, 0.2) is 0 Å². The highest BCUT2D eigenvalue weighted by atomic mass is 16.6. The Bertz CT molecular complexity index is 782. The number of carbonyl (C=O) groups is 2. The molecule has 0 fully saturated rings. The van der Waals surface area contributed by atoms with Crippen LogP contribution in [0.3, 0.4) is 0 Å². The molecule has 0 spiro atoms. The molecule has 0 heterocycles. The molecule has 0 saturated heterocycles. The molecule has 116 valence electrons. The van der Waals surface area contributed by atoms with Crippen LogP contribution in [0.2, 0.25) is 0 Å². The molecule has 0 aliphatic rings. The fraction of sp³-hybridized carbons (Fsp3) is 0. The number of nitro benzene ring substituents is 1. The van der Waals surface area contributed by atoms with Crippen molar-refractivity contribution in [2.24, 2.45) is 5.73 Å². The van der Waals surface area contributed by atoms with Crippen LogP contribution in [-0.2, 0) is 4.79 Å². The normalized spacial score (nSPS) is 10.4. The minimum Gasteiger partial charge on any atom is -0.366 e. The first-order valence-corrected chi connectivity index (χ1v) is 6.60. The lowest BCUT2D eigenvalue weighted by Gasteiger charge is -2.03. The summed E-state index contributed by atoms with van der Waals surface area (Å²) in [5.41, 5.74) is 6.18. The van der Waals surface area contributed by atoms with Gasteiger partial charge in [-0.15, -0.1) is 0 Å². The first-order valence-electron chi connectivity index (χ1n) is 6.60. The fourth-order valence-electron chi connectivity index (χ4n) is 1.86. The van der Waals surface area contributed by atoms with E-state index in [1.54, 1.807) is 18.2 Å². The summed E-state index contributed by atoms with van der Waals surface area (Å²) < 4.78 is 0. The summed E-state index contributed by atoms with van der Waals surface area (Å²) in [6.07, 6.45) is 2.57. The van der Waals surface area contributed by atoms with E-state index in [2.05, 4.69) is 5.32 Å². The van der Waals surface area contributed by atoms with Crippen molar-refractivity contribution in [1.29, 1.82) is 0 Å². The monoisotopic (exact) mass is 311 g/mol. The van der Waals surface area contributed by atoms with Gasteiger partial charge in [0.2, 0.25) is 11.8 Å². The van der Waals surface area contributed by atoms with Crippen LogP contribution in [0.25, 0.3) is 6.08 Å². The number of nitrogens with two attached hydrogens (primary N) is 1. The summed E-state index contributed by atoms with van der Waals surface area (Å²) >= 11 is 0. The van der Waals surface area contributed by atoms with Gasteiger partial charge >= 0.3 is 0 Å². The summed E-state index contributed by atoms with van der Waals surface area (Å²) in [6.45, 7) is 0. The van der Waals surface area contributed by atoms with Gasteiger partial charge in [0, 0.05) is 23.4 Å². The first-order chi connectivity index (χ1) is 11.0. The Kier molecular flexibility index (Phi) is 4.83. The number of rotatable bonds is 5. The van der Waals surface area contributed by atoms with Gasteiger partial charge in [-0.2, -0.15) is 0 Å². The van der Waals surface area contributed by atoms with Crippen molar-refractivity contribution >= 4 is 29.3 Å². The minimum atomic E-state index is -0.556. The zero-order chi connectivity index (χ0) is 16.8. The number of para-hydroxylation sites is 1. The van der Waals surface area contributed by atoms with Crippen LogP contribution in [0.4, 0.5) is 11.4 Å². The molecule has 7 nitrogen and oxygen atoms in total. The Balaban J connectivity index is 2.07. The van der Waals surface area contributed by atoms with Gasteiger partial charge in [-0.3, -0.25) is 19.7 Å². The number of hydrogen-bond donors (Lipinski definition) is 2. The van der Waals surface area contributed by atoms with Crippen molar-refractivity contribution in [2.45, 2.75) is 0 Å². The molecule has 0 aromatic heterocycles. The maximum atomic E-state index is 11.8. The lowest BCUT2D eigenvalue weighted by atomic mass is 10.1. The number of nitro groups is 1. The van der Waals surface area contributed by atoms with Crippen LogP contribution in [0.5, 0.6) is 0 Å². The van der Waals surface area contributed by atoms with Crippen molar-refractivity contribution in [3.05, 3.63) is 75.8 Å². The molecule has 0 unspecified atom stereocenters. The van der Waals surface area contributed by atoms with Gasteiger partial charge < -0.3 is 11.1 Å². The molecular weight excluding hydrogens is 298 g/mol. The lowest BCUT2D eigenvalue weighted by Crippen LogP contribution is -2.11. The van der Waals surface area contributed by atoms with E-state index in [0.717, 1.165) is 0 Å². The Hall–Kier alpha value is -3.48. The van der Waals surface area contributed by atoms with E-state index in [0.29, 0.717) is 16.8 Å². The Morgan fingerprint density at radius 2 is 1.74 bits per heavy atom. The average Bonchev–Trinajstić information content (AvgIpc) is 2.53. The van der Waals surface area contributed by atoms with E-state index >= 15 is 0 Å². The predicted molar refractivity (Wildman–Crippen MR) is 85.7 cm³/mol. The van der Waals surface area contributed by atoms with Crippen molar-refractivity contribution in [3.63, 3.8) is 0 Å². The van der Waals surface area contributed by atoms with Crippen LogP contribution in [0, 0.1) is 10.1 Å². The molecule has 0 saturated carbocycles. The molecule has 0 bridgehead atoms. The zero-order valence-corrected chi connectivity index (χ0v) is 11.9. The third kappa shape index (κ3) is 4.24. The first kappa shape index (κ1) is 15.9. The number of primary amides is 1. The molecule has 2 amide bonds. The summed E-state index contributed by atoms with van der Waals surface area (Å²) in [5, 5.41) is 13.5. The number of benzene rings is 2. The van der Waals surface area contributed by atoms with Crippen molar-refractivity contribution < 1.29 is 14.5 Å². The maximum Gasteiger partial charge on any atom is 0.276 e. The summed E-state index contributed by atoms with van der Waals surface area (Å²) in [6, 6.07) is 12.2. The number of nitrogens with one attached hydrogen (secondary N) is 1. The Labute approximate surface area is 131 Å². The second-order valence-electron chi connectivity index (χ2n) is 4.58. The van der Waals surface area contributed by atoms with Gasteiger partial charge in [0.1, 0.15) is 0 Å². The largest absolute Gasteiger partial charge is 0.366 e. The number of hydrogen-bond acceptors (Lipinski definition) is 4. The molecule has 3 N–H and O–H groups in total. The number of anilines is 1. The molecule has 0 aliphatic carbocycles. The maximum absolute atomic E-state index is 11.8. The Morgan fingerprint density at radius 1 is 1.09 bits per heavy atom. The highest BCUT2D eigenvalue weighted by Gasteiger charge is 2.09. The second-order valence-corrected chi connectivity index (χ2v) is 4.58. The molecular formula is C16H13N3O4. The highest BCUT2D eigenvalue weighted by Crippen LogP contribution is 2.19. The standard InChI is InChI=1S/C16H13N3O4/c17-16(21)12-5-8-13(9-6-12)18-15(20)10-7-11-3-1-2-4-14(11)19(22)23/h1-10H,(H2,17,21)(H,18,20)/b10-7+. The van der Waals surface area contributed by atoms with Crippen molar-refractivity contribution in [3.8, 4) is 0 Å². The molecule has 0 atom stereocenters. The van der Waals surface area contributed by atoms with Crippen molar-refractivity contribution in [2.75, 3.05) is 5.32 Å². The van der Waals surface area contributed by atoms with E-state index in [1.165, 1.54) is 42.5 Å². The van der Waals surface area contributed by atoms with Crippen molar-refractivity contribution in [1.82, 2.24) is 0 Å². The molecule has 7 heteroatoms. The van der Waals surface area contributed by atoms with E-state index in [1.807, 2.05) is 0 Å². The average molecular weight is 311 g/mol. The van der Waals surface area contributed by atoms with Crippen LogP contribution in [0.15, 0.2) is 54.6 Å². The number of amides is 2. The van der Waals surface area contributed by atoms with Gasteiger partial charge in [-0.05, 0) is 36.4 Å². The molecule has 0 aliphatic heterocycles. The van der Waals surface area contributed by atoms with Crippen LogP contribution in [0.1, 0.15) is 15.9 Å². The molecule has 0 radical (unpaired) electrons. The zero-order valence-electron chi connectivity index (χ0n) is 11.9. The molecule has 2 aromatic carbocycles. The summed E-state index contributed by atoms with van der Waals surface area (Å²) in [7, 11) is 0. The second kappa shape index (κ2) is 6.99. The highest BCUT2D eigenvalue weighted by molar-refractivity contribution is 6.02. The van der Waals surface area contributed by atoms with Gasteiger partial charge in [0.05, 0.1) is 10.5 Å². The van der Waals surface area contributed by atoms with E-state index in [-0.39, 0.29) is 5.69 Å². The van der Waals surface area contributed by atoms with E-state index < -0.39 is 16.7 Å². The third-order valence-corrected chi connectivity index (χ3v) is 2.98. The van der Waals surface area contributed by atoms with Crippen LogP contribution in [-0.4, -0.2) is 16.7 Å². The van der Waals surface area contributed by atoms with Gasteiger partial charge in [0.25, 0.3) is 5.69 Å². The number of carbonyl (C=O) groups excluding carboxylic acids is 2. The van der Waals surface area contributed by atoms with E-state index in [4.69, 9.17) is 5.73 Å². The topological polar surface area (TPSA) is 115 Å². The fourth-order valence-corrected chi connectivity index (χ4v) is 1.86. The predicted octanol–water partition coefficient (Wildman–Crippen LogP) is 2.35.